The first-order valence-electron chi connectivity index (χ1n) is 5.19. The van der Waals surface area contributed by atoms with Crippen molar-refractivity contribution in [3.63, 3.8) is 0 Å². The van der Waals surface area contributed by atoms with Gasteiger partial charge >= 0.3 is 7.12 Å². The van der Waals surface area contributed by atoms with Crippen LogP contribution >= 0.6 is 0 Å². The van der Waals surface area contributed by atoms with E-state index in [1.807, 2.05) is 19.9 Å². The third kappa shape index (κ3) is 1.76. The first kappa shape index (κ1) is 11.3. The Balaban J connectivity index is 2.55. The molecule has 4 nitrogen and oxygen atoms in total. The third-order valence-electron chi connectivity index (χ3n) is 2.71. The monoisotopic (exact) mass is 222 g/mol. The van der Waals surface area contributed by atoms with E-state index >= 15 is 0 Å². The molecule has 2 rings (SSSR count). The summed E-state index contributed by atoms with van der Waals surface area (Å²) in [7, 11) is -0.0907. The van der Waals surface area contributed by atoms with Gasteiger partial charge in [-0.15, -0.1) is 0 Å². The zero-order valence-corrected chi connectivity index (χ0v) is 9.65. The van der Waals surface area contributed by atoms with E-state index in [1.165, 1.54) is 7.11 Å². The van der Waals surface area contributed by atoms with Crippen LogP contribution in [0.4, 0.5) is 0 Å². The minimum absolute atomic E-state index is 0.307. The summed E-state index contributed by atoms with van der Waals surface area (Å²) in [5, 5.41) is 18.7. The summed E-state index contributed by atoms with van der Waals surface area (Å²) < 4.78 is 10.8. The molecular formula is C11H15BO4. The quantitative estimate of drug-likeness (QED) is 0.696. The average Bonchev–Trinajstić information content (AvgIpc) is 2.49. The van der Waals surface area contributed by atoms with Gasteiger partial charge in [-0.05, 0) is 25.5 Å². The summed E-state index contributed by atoms with van der Waals surface area (Å²) in [6, 6.07) is 3.63. The maximum absolute atomic E-state index is 9.37. The van der Waals surface area contributed by atoms with Crippen molar-refractivity contribution in [1.82, 2.24) is 0 Å². The number of fused-ring (bicyclic) bond motifs is 1. The number of methoxy groups -OCH3 is 1. The van der Waals surface area contributed by atoms with Crippen molar-refractivity contribution in [3.8, 4) is 11.5 Å². The van der Waals surface area contributed by atoms with E-state index < -0.39 is 7.12 Å². The second kappa shape index (κ2) is 3.68. The Hall–Kier alpha value is -1.20. The molecule has 0 aromatic heterocycles. The Morgan fingerprint density at radius 3 is 2.62 bits per heavy atom. The Morgan fingerprint density at radius 1 is 1.38 bits per heavy atom. The summed E-state index contributed by atoms with van der Waals surface area (Å²) in [6.07, 6.45) is 0.756. The normalized spacial score (nSPS) is 16.6. The lowest BCUT2D eigenvalue weighted by atomic mass is 9.77. The van der Waals surface area contributed by atoms with E-state index in [2.05, 4.69) is 0 Å². The lowest BCUT2D eigenvalue weighted by molar-refractivity contribution is 0.139. The van der Waals surface area contributed by atoms with Gasteiger partial charge in [0.15, 0.2) is 0 Å². The van der Waals surface area contributed by atoms with Crippen LogP contribution in [-0.2, 0) is 6.42 Å². The molecule has 0 unspecified atom stereocenters. The van der Waals surface area contributed by atoms with Crippen molar-refractivity contribution >= 4 is 12.6 Å². The molecule has 1 aromatic carbocycles. The SMILES string of the molecule is COc1ccc2c(c1B(O)O)OC(C)(C)C2. The van der Waals surface area contributed by atoms with Crippen LogP contribution in [0, 0.1) is 0 Å². The number of hydrogen-bond donors (Lipinski definition) is 2. The van der Waals surface area contributed by atoms with E-state index in [1.54, 1.807) is 6.07 Å². The maximum Gasteiger partial charge on any atom is 0.496 e. The van der Waals surface area contributed by atoms with Crippen molar-refractivity contribution in [3.05, 3.63) is 17.7 Å². The minimum atomic E-state index is -1.58. The lowest BCUT2D eigenvalue weighted by Crippen LogP contribution is -2.34. The maximum atomic E-state index is 9.37. The number of hydrogen-bond acceptors (Lipinski definition) is 4. The summed E-state index contributed by atoms with van der Waals surface area (Å²) in [5.41, 5.74) is 0.984. The summed E-state index contributed by atoms with van der Waals surface area (Å²) >= 11 is 0. The molecule has 0 radical (unpaired) electrons. The zero-order chi connectivity index (χ0) is 11.9. The molecule has 1 heterocycles. The molecule has 86 valence electrons. The van der Waals surface area contributed by atoms with Crippen molar-refractivity contribution < 1.29 is 19.5 Å². The molecule has 0 aliphatic carbocycles. The second-order valence-electron chi connectivity index (χ2n) is 4.58. The van der Waals surface area contributed by atoms with Gasteiger partial charge in [0.1, 0.15) is 17.1 Å². The van der Waals surface area contributed by atoms with E-state index in [0.717, 1.165) is 12.0 Å². The summed E-state index contributed by atoms with van der Waals surface area (Å²) in [4.78, 5) is 0. The van der Waals surface area contributed by atoms with Crippen LogP contribution in [0.5, 0.6) is 11.5 Å². The Labute approximate surface area is 95.0 Å². The standard InChI is InChI=1S/C11H15BO4/c1-11(2)6-7-4-5-8(15-3)9(12(13)14)10(7)16-11/h4-5,13-14H,6H2,1-3H3. The van der Waals surface area contributed by atoms with Gasteiger partial charge in [0, 0.05) is 6.42 Å². The van der Waals surface area contributed by atoms with Crippen LogP contribution in [0.1, 0.15) is 19.4 Å². The van der Waals surface area contributed by atoms with Crippen molar-refractivity contribution in [1.29, 1.82) is 0 Å². The smallest absolute Gasteiger partial charge is 0.496 e. The first-order valence-corrected chi connectivity index (χ1v) is 5.19. The fraction of sp³-hybridized carbons (Fsp3) is 0.455. The van der Waals surface area contributed by atoms with Crippen LogP contribution in [0.25, 0.3) is 0 Å². The molecule has 0 amide bonds. The van der Waals surface area contributed by atoms with E-state index in [-0.39, 0.29) is 5.60 Å². The van der Waals surface area contributed by atoms with Gasteiger partial charge in [-0.1, -0.05) is 6.07 Å². The van der Waals surface area contributed by atoms with E-state index in [4.69, 9.17) is 9.47 Å². The molecule has 0 saturated heterocycles. The molecule has 1 aliphatic heterocycles. The van der Waals surface area contributed by atoms with Crippen LogP contribution in [0.15, 0.2) is 12.1 Å². The second-order valence-corrected chi connectivity index (χ2v) is 4.58. The van der Waals surface area contributed by atoms with Gasteiger partial charge in [-0.25, -0.2) is 0 Å². The lowest BCUT2D eigenvalue weighted by Gasteiger charge is -2.18. The molecule has 2 N–H and O–H groups in total. The van der Waals surface area contributed by atoms with Crippen molar-refractivity contribution in [2.24, 2.45) is 0 Å². The molecule has 0 saturated carbocycles. The van der Waals surface area contributed by atoms with Crippen LogP contribution in [-0.4, -0.2) is 29.9 Å². The zero-order valence-electron chi connectivity index (χ0n) is 9.65. The highest BCUT2D eigenvalue weighted by Gasteiger charge is 2.36. The predicted molar refractivity (Wildman–Crippen MR) is 61.2 cm³/mol. The molecule has 0 bridgehead atoms. The number of rotatable bonds is 2. The van der Waals surface area contributed by atoms with Crippen molar-refractivity contribution in [2.75, 3.05) is 7.11 Å². The molecule has 1 aromatic rings. The van der Waals surface area contributed by atoms with Gasteiger partial charge in [-0.3, -0.25) is 0 Å². The highest BCUT2D eigenvalue weighted by atomic mass is 16.5. The molecule has 5 heteroatoms. The van der Waals surface area contributed by atoms with Crippen LogP contribution < -0.4 is 14.9 Å². The Morgan fingerprint density at radius 2 is 2.06 bits per heavy atom. The molecule has 0 spiro atoms. The molecular weight excluding hydrogens is 207 g/mol. The van der Waals surface area contributed by atoms with Crippen LogP contribution in [0.2, 0.25) is 0 Å². The molecule has 1 aliphatic rings. The summed E-state index contributed by atoms with van der Waals surface area (Å²) in [5.74, 6) is 0.978. The van der Waals surface area contributed by atoms with E-state index in [0.29, 0.717) is 17.0 Å². The van der Waals surface area contributed by atoms with Crippen molar-refractivity contribution in [2.45, 2.75) is 25.9 Å². The Kier molecular flexibility index (Phi) is 2.60. The van der Waals surface area contributed by atoms with Gasteiger partial charge in [0.05, 0.1) is 12.6 Å². The number of ether oxygens (including phenoxy) is 2. The largest absolute Gasteiger partial charge is 0.497 e. The molecule has 0 fully saturated rings. The van der Waals surface area contributed by atoms with Gasteiger partial charge in [-0.2, -0.15) is 0 Å². The predicted octanol–water partition coefficient (Wildman–Crippen LogP) is 0.0885. The number of benzene rings is 1. The van der Waals surface area contributed by atoms with Crippen LogP contribution in [0.3, 0.4) is 0 Å². The van der Waals surface area contributed by atoms with E-state index in [9.17, 15) is 10.0 Å². The highest BCUT2D eigenvalue weighted by molar-refractivity contribution is 6.61. The van der Waals surface area contributed by atoms with Gasteiger partial charge in [0.25, 0.3) is 0 Å². The topological polar surface area (TPSA) is 58.9 Å². The Bertz CT molecular complexity index is 415. The fourth-order valence-corrected chi connectivity index (χ4v) is 2.08. The average molecular weight is 222 g/mol. The summed E-state index contributed by atoms with van der Waals surface area (Å²) in [6.45, 7) is 3.93. The minimum Gasteiger partial charge on any atom is -0.497 e. The van der Waals surface area contributed by atoms with Gasteiger partial charge < -0.3 is 19.5 Å². The van der Waals surface area contributed by atoms with Gasteiger partial charge in [0.2, 0.25) is 0 Å². The highest BCUT2D eigenvalue weighted by Crippen LogP contribution is 2.35. The third-order valence-corrected chi connectivity index (χ3v) is 2.71. The first-order chi connectivity index (χ1) is 7.44. The molecule has 16 heavy (non-hydrogen) atoms. The molecule has 0 atom stereocenters. The fourth-order valence-electron chi connectivity index (χ4n) is 2.08.